The van der Waals surface area contributed by atoms with Crippen molar-refractivity contribution in [1.82, 2.24) is 9.97 Å². The Balaban J connectivity index is 1.82. The molecule has 1 aromatic heterocycles. The van der Waals surface area contributed by atoms with Gasteiger partial charge in [0.25, 0.3) is 0 Å². The number of hydrogen-bond acceptors (Lipinski definition) is 3. The third-order valence-corrected chi connectivity index (χ3v) is 4.18. The maximum absolute atomic E-state index is 12.8. The Kier molecular flexibility index (Phi) is 5.06. The number of piperidine rings is 1. The van der Waals surface area contributed by atoms with Crippen LogP contribution in [0.3, 0.4) is 0 Å². The Morgan fingerprint density at radius 2 is 1.76 bits per heavy atom. The molecule has 3 nitrogen and oxygen atoms in total. The highest BCUT2D eigenvalue weighted by Crippen LogP contribution is 2.29. The lowest BCUT2D eigenvalue weighted by Gasteiger charge is -2.27. The largest absolute Gasteiger partial charge is 0.416 e. The minimum atomic E-state index is -4.34. The third kappa shape index (κ3) is 4.59. The molecule has 25 heavy (non-hydrogen) atoms. The fraction of sp³-hybridized carbons (Fsp3) is 0.368. The first-order valence-corrected chi connectivity index (χ1v) is 8.38. The summed E-state index contributed by atoms with van der Waals surface area (Å²) in [6.45, 7) is 3.86. The second kappa shape index (κ2) is 7.25. The van der Waals surface area contributed by atoms with Gasteiger partial charge in [-0.05, 0) is 50.0 Å². The molecular formula is C19H20F3N3. The highest BCUT2D eigenvalue weighted by Gasteiger charge is 2.30. The van der Waals surface area contributed by atoms with Crippen molar-refractivity contribution in [3.8, 4) is 0 Å². The summed E-state index contributed by atoms with van der Waals surface area (Å²) < 4.78 is 38.4. The van der Waals surface area contributed by atoms with Gasteiger partial charge in [0.05, 0.1) is 5.56 Å². The topological polar surface area (TPSA) is 29.0 Å². The lowest BCUT2D eigenvalue weighted by Crippen LogP contribution is -2.30. The van der Waals surface area contributed by atoms with Crippen molar-refractivity contribution in [1.29, 1.82) is 0 Å². The summed E-state index contributed by atoms with van der Waals surface area (Å²) >= 11 is 0. The number of rotatable bonds is 3. The summed E-state index contributed by atoms with van der Waals surface area (Å²) in [5, 5.41) is 0. The fourth-order valence-corrected chi connectivity index (χ4v) is 2.92. The molecule has 2 heterocycles. The van der Waals surface area contributed by atoms with Gasteiger partial charge in [0.1, 0.15) is 5.82 Å². The Bertz CT molecular complexity index is 763. The van der Waals surface area contributed by atoms with Crippen LogP contribution in [0.1, 0.15) is 41.9 Å². The summed E-state index contributed by atoms with van der Waals surface area (Å²) in [6, 6.07) is 7.17. The minimum Gasteiger partial charge on any atom is -0.356 e. The highest BCUT2D eigenvalue weighted by molar-refractivity contribution is 5.67. The molecule has 0 saturated carbocycles. The van der Waals surface area contributed by atoms with Gasteiger partial charge in [-0.3, -0.25) is 0 Å². The van der Waals surface area contributed by atoms with E-state index in [0.29, 0.717) is 11.4 Å². The molecule has 0 amide bonds. The van der Waals surface area contributed by atoms with E-state index in [4.69, 9.17) is 0 Å². The van der Waals surface area contributed by atoms with Crippen LogP contribution in [-0.4, -0.2) is 23.1 Å². The van der Waals surface area contributed by atoms with E-state index in [9.17, 15) is 13.2 Å². The second-order valence-electron chi connectivity index (χ2n) is 6.23. The monoisotopic (exact) mass is 347 g/mol. The van der Waals surface area contributed by atoms with Crippen molar-refractivity contribution in [3.63, 3.8) is 0 Å². The van der Waals surface area contributed by atoms with Crippen LogP contribution in [0.5, 0.6) is 0 Å². The maximum atomic E-state index is 12.8. The number of nitrogens with zero attached hydrogens (tertiary/aromatic N) is 3. The molecule has 1 aliphatic heterocycles. The zero-order valence-electron chi connectivity index (χ0n) is 14.1. The molecule has 0 aliphatic carbocycles. The van der Waals surface area contributed by atoms with Crippen LogP contribution in [0, 0.1) is 6.92 Å². The van der Waals surface area contributed by atoms with Crippen molar-refractivity contribution >= 4 is 18.0 Å². The molecule has 3 rings (SSSR count). The van der Waals surface area contributed by atoms with Gasteiger partial charge in [0, 0.05) is 24.8 Å². The van der Waals surface area contributed by atoms with Crippen molar-refractivity contribution in [2.75, 3.05) is 18.0 Å². The van der Waals surface area contributed by atoms with Crippen LogP contribution in [0.15, 0.2) is 30.3 Å². The molecule has 0 atom stereocenters. The molecule has 0 spiro atoms. The number of anilines is 1. The van der Waals surface area contributed by atoms with Crippen LogP contribution < -0.4 is 4.90 Å². The average molecular weight is 347 g/mol. The SMILES string of the molecule is Cc1cc(N2CCCCC2)nc(C=Cc2cccc(C(F)(F)F)c2)n1. The fourth-order valence-electron chi connectivity index (χ4n) is 2.92. The Hall–Kier alpha value is -2.37. The predicted octanol–water partition coefficient (Wildman–Crippen LogP) is 4.96. The van der Waals surface area contributed by atoms with Gasteiger partial charge in [-0.25, -0.2) is 9.97 Å². The van der Waals surface area contributed by atoms with Crippen molar-refractivity contribution < 1.29 is 13.2 Å². The third-order valence-electron chi connectivity index (χ3n) is 4.18. The second-order valence-corrected chi connectivity index (χ2v) is 6.23. The van der Waals surface area contributed by atoms with Gasteiger partial charge in [-0.1, -0.05) is 18.2 Å². The Morgan fingerprint density at radius 1 is 1.00 bits per heavy atom. The van der Waals surface area contributed by atoms with E-state index >= 15 is 0 Å². The van der Waals surface area contributed by atoms with Gasteiger partial charge in [-0.2, -0.15) is 13.2 Å². The van der Waals surface area contributed by atoms with Crippen LogP contribution in [0.2, 0.25) is 0 Å². The first-order chi connectivity index (χ1) is 11.9. The summed E-state index contributed by atoms with van der Waals surface area (Å²) in [4.78, 5) is 11.2. The minimum absolute atomic E-state index is 0.472. The van der Waals surface area contributed by atoms with Gasteiger partial charge in [0.2, 0.25) is 0 Å². The first kappa shape index (κ1) is 17.5. The van der Waals surface area contributed by atoms with Crippen LogP contribution in [0.25, 0.3) is 12.2 Å². The molecule has 0 bridgehead atoms. The van der Waals surface area contributed by atoms with Crippen molar-refractivity contribution in [3.05, 3.63) is 53.0 Å². The standard InChI is InChI=1S/C19H20F3N3/c1-14-12-18(25-10-3-2-4-11-25)24-17(23-14)9-8-15-6-5-7-16(13-15)19(20,21)22/h5-9,12-13H,2-4,10-11H2,1H3. The summed E-state index contributed by atoms with van der Waals surface area (Å²) in [5.41, 5.74) is 0.660. The molecule has 2 aromatic rings. The smallest absolute Gasteiger partial charge is 0.356 e. The maximum Gasteiger partial charge on any atom is 0.416 e. The van der Waals surface area contributed by atoms with E-state index < -0.39 is 11.7 Å². The number of aromatic nitrogens is 2. The van der Waals surface area contributed by atoms with Crippen molar-refractivity contribution in [2.45, 2.75) is 32.4 Å². The van der Waals surface area contributed by atoms with E-state index in [-0.39, 0.29) is 0 Å². The quantitative estimate of drug-likeness (QED) is 0.785. The zero-order valence-corrected chi connectivity index (χ0v) is 14.1. The molecule has 1 fully saturated rings. The van der Waals surface area contributed by atoms with E-state index in [1.165, 1.54) is 12.5 Å². The molecule has 0 unspecified atom stereocenters. The van der Waals surface area contributed by atoms with Gasteiger partial charge >= 0.3 is 6.18 Å². The summed E-state index contributed by atoms with van der Waals surface area (Å²) in [7, 11) is 0. The lowest BCUT2D eigenvalue weighted by atomic mass is 10.1. The molecule has 132 valence electrons. The van der Waals surface area contributed by atoms with Gasteiger partial charge in [0.15, 0.2) is 5.82 Å². The molecule has 1 aromatic carbocycles. The lowest BCUT2D eigenvalue weighted by molar-refractivity contribution is -0.137. The highest BCUT2D eigenvalue weighted by atomic mass is 19.4. The molecule has 6 heteroatoms. The molecule has 0 radical (unpaired) electrons. The number of alkyl halides is 3. The zero-order chi connectivity index (χ0) is 17.9. The van der Waals surface area contributed by atoms with Crippen LogP contribution in [0.4, 0.5) is 19.0 Å². The van der Waals surface area contributed by atoms with Crippen LogP contribution >= 0.6 is 0 Å². The van der Waals surface area contributed by atoms with E-state index in [2.05, 4.69) is 14.9 Å². The molecular weight excluding hydrogens is 327 g/mol. The number of aryl methyl sites for hydroxylation is 1. The predicted molar refractivity (Wildman–Crippen MR) is 93.2 cm³/mol. The molecule has 1 aliphatic rings. The van der Waals surface area contributed by atoms with Gasteiger partial charge < -0.3 is 4.90 Å². The number of halogens is 3. The van der Waals surface area contributed by atoms with Crippen LogP contribution in [-0.2, 0) is 6.18 Å². The Morgan fingerprint density at radius 3 is 2.48 bits per heavy atom. The van der Waals surface area contributed by atoms with E-state index in [0.717, 1.165) is 49.6 Å². The number of hydrogen-bond donors (Lipinski definition) is 0. The summed E-state index contributed by atoms with van der Waals surface area (Å²) in [6.07, 6.45) is 2.48. The summed E-state index contributed by atoms with van der Waals surface area (Å²) in [5.74, 6) is 1.40. The van der Waals surface area contributed by atoms with Crippen molar-refractivity contribution in [2.24, 2.45) is 0 Å². The molecule has 1 saturated heterocycles. The molecule has 0 N–H and O–H groups in total. The average Bonchev–Trinajstić information content (AvgIpc) is 2.60. The first-order valence-electron chi connectivity index (χ1n) is 8.38. The number of benzene rings is 1. The Labute approximate surface area is 145 Å². The van der Waals surface area contributed by atoms with E-state index in [1.807, 2.05) is 13.0 Å². The van der Waals surface area contributed by atoms with Gasteiger partial charge in [-0.15, -0.1) is 0 Å². The normalized spacial score (nSPS) is 15.8. The van der Waals surface area contributed by atoms with E-state index in [1.54, 1.807) is 18.2 Å².